The van der Waals surface area contributed by atoms with Crippen molar-refractivity contribution < 1.29 is 4.92 Å². The summed E-state index contributed by atoms with van der Waals surface area (Å²) in [7, 11) is 0. The second kappa shape index (κ2) is 6.32. The average molecular weight is 356 g/mol. The van der Waals surface area contributed by atoms with E-state index in [0.717, 1.165) is 37.4 Å². The second-order valence-corrected chi connectivity index (χ2v) is 6.91. The molecule has 5 nitrogen and oxygen atoms in total. The van der Waals surface area contributed by atoms with E-state index in [0.29, 0.717) is 5.33 Å². The van der Waals surface area contributed by atoms with Gasteiger partial charge in [-0.05, 0) is 32.4 Å². The standard InChI is InChI=1S/C15H22BrN3O2/c1-15(2,3)18-8-6-17(7-9-18)14-5-4-13(19(20)21)10-12(14)11-16/h4-5,10H,6-9,11H2,1-3H3. The zero-order chi connectivity index (χ0) is 15.6. The topological polar surface area (TPSA) is 49.6 Å². The molecule has 6 heteroatoms. The first kappa shape index (κ1) is 16.2. The third kappa shape index (κ3) is 3.74. The Morgan fingerprint density at radius 3 is 2.33 bits per heavy atom. The van der Waals surface area contributed by atoms with Gasteiger partial charge in [-0.3, -0.25) is 15.0 Å². The van der Waals surface area contributed by atoms with Gasteiger partial charge in [-0.1, -0.05) is 15.9 Å². The monoisotopic (exact) mass is 355 g/mol. The van der Waals surface area contributed by atoms with Crippen molar-refractivity contribution in [3.05, 3.63) is 33.9 Å². The zero-order valence-corrected chi connectivity index (χ0v) is 14.4. The lowest BCUT2D eigenvalue weighted by Crippen LogP contribution is -2.53. The highest BCUT2D eigenvalue weighted by Gasteiger charge is 2.26. The summed E-state index contributed by atoms with van der Waals surface area (Å²) in [4.78, 5) is 15.3. The number of benzene rings is 1. The largest absolute Gasteiger partial charge is 0.369 e. The molecule has 21 heavy (non-hydrogen) atoms. The first-order valence-corrected chi connectivity index (χ1v) is 8.28. The summed E-state index contributed by atoms with van der Waals surface area (Å²) in [5.74, 6) is 0. The number of non-ortho nitro benzene ring substituents is 1. The van der Waals surface area contributed by atoms with Crippen molar-refractivity contribution in [2.75, 3.05) is 31.1 Å². The molecule has 0 spiro atoms. The Kier molecular flexibility index (Phi) is 4.88. The van der Waals surface area contributed by atoms with Crippen LogP contribution < -0.4 is 4.90 Å². The minimum atomic E-state index is -0.340. The van der Waals surface area contributed by atoms with E-state index in [1.54, 1.807) is 12.1 Å². The summed E-state index contributed by atoms with van der Waals surface area (Å²) in [6.07, 6.45) is 0. The van der Waals surface area contributed by atoms with E-state index >= 15 is 0 Å². The van der Waals surface area contributed by atoms with Gasteiger partial charge in [0, 0.05) is 54.9 Å². The highest BCUT2D eigenvalue weighted by Crippen LogP contribution is 2.29. The number of nitrogens with zero attached hydrogens (tertiary/aromatic N) is 3. The van der Waals surface area contributed by atoms with Gasteiger partial charge in [0.2, 0.25) is 0 Å². The van der Waals surface area contributed by atoms with Crippen LogP contribution >= 0.6 is 15.9 Å². The van der Waals surface area contributed by atoms with Crippen LogP contribution in [0.4, 0.5) is 11.4 Å². The van der Waals surface area contributed by atoms with Crippen LogP contribution in [0.1, 0.15) is 26.3 Å². The van der Waals surface area contributed by atoms with E-state index in [9.17, 15) is 10.1 Å². The highest BCUT2D eigenvalue weighted by atomic mass is 79.9. The Hall–Kier alpha value is -1.14. The number of hydrogen-bond acceptors (Lipinski definition) is 4. The van der Waals surface area contributed by atoms with Crippen LogP contribution in [0, 0.1) is 10.1 Å². The lowest BCUT2D eigenvalue weighted by Gasteiger charge is -2.43. The van der Waals surface area contributed by atoms with Gasteiger partial charge in [-0.2, -0.15) is 0 Å². The molecule has 0 atom stereocenters. The Bertz CT molecular complexity index is 520. The van der Waals surface area contributed by atoms with Crippen LogP contribution in [0.15, 0.2) is 18.2 Å². The number of nitro benzene ring substituents is 1. The molecule has 1 aliphatic rings. The lowest BCUT2D eigenvalue weighted by atomic mass is 10.0. The third-order valence-corrected chi connectivity index (χ3v) is 4.59. The molecule has 1 saturated heterocycles. The normalized spacial score (nSPS) is 17.0. The molecule has 1 fully saturated rings. The summed E-state index contributed by atoms with van der Waals surface area (Å²) in [6.45, 7) is 10.6. The molecule has 0 unspecified atom stereocenters. The van der Waals surface area contributed by atoms with Gasteiger partial charge >= 0.3 is 0 Å². The molecule has 1 heterocycles. The van der Waals surface area contributed by atoms with Gasteiger partial charge < -0.3 is 4.90 Å². The van der Waals surface area contributed by atoms with Gasteiger partial charge in [0.25, 0.3) is 5.69 Å². The highest BCUT2D eigenvalue weighted by molar-refractivity contribution is 9.08. The van der Waals surface area contributed by atoms with E-state index < -0.39 is 0 Å². The molecule has 1 aliphatic heterocycles. The predicted molar refractivity (Wildman–Crippen MR) is 89.3 cm³/mol. The number of nitro groups is 1. The molecule has 0 aliphatic carbocycles. The number of rotatable bonds is 3. The molecular formula is C15H22BrN3O2. The fourth-order valence-electron chi connectivity index (χ4n) is 2.72. The molecule has 116 valence electrons. The summed E-state index contributed by atoms with van der Waals surface area (Å²) in [5, 5.41) is 11.5. The number of hydrogen-bond donors (Lipinski definition) is 0. The van der Waals surface area contributed by atoms with Crippen molar-refractivity contribution >= 4 is 27.3 Å². The maximum atomic E-state index is 10.9. The molecule has 0 N–H and O–H groups in total. The second-order valence-electron chi connectivity index (χ2n) is 6.35. The van der Waals surface area contributed by atoms with E-state index in [1.165, 1.54) is 0 Å². The SMILES string of the molecule is CC(C)(C)N1CCN(c2ccc([N+](=O)[O-])cc2CBr)CC1. The summed E-state index contributed by atoms with van der Waals surface area (Å²) in [6, 6.07) is 5.14. The summed E-state index contributed by atoms with van der Waals surface area (Å²) < 4.78 is 0. The maximum Gasteiger partial charge on any atom is 0.269 e. The fourth-order valence-corrected chi connectivity index (χ4v) is 3.17. The fraction of sp³-hybridized carbons (Fsp3) is 0.600. The van der Waals surface area contributed by atoms with Crippen molar-refractivity contribution in [2.45, 2.75) is 31.6 Å². The third-order valence-electron chi connectivity index (χ3n) is 3.99. The van der Waals surface area contributed by atoms with Crippen LogP contribution in [0.3, 0.4) is 0 Å². The Morgan fingerprint density at radius 2 is 1.86 bits per heavy atom. The van der Waals surface area contributed by atoms with Gasteiger partial charge in [0.1, 0.15) is 0 Å². The Labute approximate surface area is 134 Å². The summed E-state index contributed by atoms with van der Waals surface area (Å²) in [5.41, 5.74) is 2.43. The molecule has 1 aromatic rings. The zero-order valence-electron chi connectivity index (χ0n) is 12.8. The van der Waals surface area contributed by atoms with Crippen LogP contribution in [0.2, 0.25) is 0 Å². The van der Waals surface area contributed by atoms with Crippen LogP contribution in [-0.4, -0.2) is 41.5 Å². The first-order valence-electron chi connectivity index (χ1n) is 7.16. The van der Waals surface area contributed by atoms with Crippen molar-refractivity contribution in [3.8, 4) is 0 Å². The quantitative estimate of drug-likeness (QED) is 0.473. The summed E-state index contributed by atoms with van der Waals surface area (Å²) >= 11 is 3.44. The van der Waals surface area contributed by atoms with Gasteiger partial charge in [0.15, 0.2) is 0 Å². The van der Waals surface area contributed by atoms with Crippen LogP contribution in [-0.2, 0) is 5.33 Å². The molecular weight excluding hydrogens is 334 g/mol. The molecule has 0 saturated carbocycles. The first-order chi connectivity index (χ1) is 9.82. The maximum absolute atomic E-state index is 10.9. The number of piperazine rings is 1. The predicted octanol–water partition coefficient (Wildman–Crippen LogP) is 3.41. The average Bonchev–Trinajstić information content (AvgIpc) is 2.45. The molecule has 0 aromatic heterocycles. The van der Waals surface area contributed by atoms with Crippen molar-refractivity contribution in [2.24, 2.45) is 0 Å². The van der Waals surface area contributed by atoms with Gasteiger partial charge in [-0.15, -0.1) is 0 Å². The minimum Gasteiger partial charge on any atom is -0.369 e. The smallest absolute Gasteiger partial charge is 0.269 e. The Balaban J connectivity index is 2.15. The number of alkyl halides is 1. The van der Waals surface area contributed by atoms with E-state index in [2.05, 4.69) is 46.5 Å². The van der Waals surface area contributed by atoms with Crippen molar-refractivity contribution in [1.29, 1.82) is 0 Å². The van der Waals surface area contributed by atoms with Crippen molar-refractivity contribution in [1.82, 2.24) is 4.90 Å². The number of anilines is 1. The van der Waals surface area contributed by atoms with Crippen molar-refractivity contribution in [3.63, 3.8) is 0 Å². The molecule has 0 radical (unpaired) electrons. The molecule has 2 rings (SSSR count). The number of halogens is 1. The van der Waals surface area contributed by atoms with E-state index in [-0.39, 0.29) is 16.1 Å². The van der Waals surface area contributed by atoms with E-state index in [4.69, 9.17) is 0 Å². The van der Waals surface area contributed by atoms with Gasteiger partial charge in [-0.25, -0.2) is 0 Å². The van der Waals surface area contributed by atoms with E-state index in [1.807, 2.05) is 6.07 Å². The molecule has 1 aromatic carbocycles. The minimum absolute atomic E-state index is 0.154. The Morgan fingerprint density at radius 1 is 1.24 bits per heavy atom. The molecule has 0 bridgehead atoms. The lowest BCUT2D eigenvalue weighted by molar-refractivity contribution is -0.384. The van der Waals surface area contributed by atoms with Crippen LogP contribution in [0.5, 0.6) is 0 Å². The molecule has 0 amide bonds. The van der Waals surface area contributed by atoms with Gasteiger partial charge in [0.05, 0.1) is 4.92 Å². The van der Waals surface area contributed by atoms with Crippen LogP contribution in [0.25, 0.3) is 0 Å².